The molecule has 0 saturated carbocycles. The van der Waals surface area contributed by atoms with Gasteiger partial charge in [-0.25, -0.2) is 0 Å². The maximum absolute atomic E-state index is 12.0. The number of anilines is 1. The molecule has 0 saturated heterocycles. The number of carbonyl (C=O) groups is 1. The molecule has 0 fully saturated rings. The summed E-state index contributed by atoms with van der Waals surface area (Å²) in [5.41, 5.74) is 12.4. The number of methoxy groups -OCH3 is 1. The Morgan fingerprint density at radius 1 is 1.00 bits per heavy atom. The minimum Gasteiger partial charge on any atom is -0.494 e. The van der Waals surface area contributed by atoms with E-state index in [-0.39, 0.29) is 17.3 Å². The number of benzene rings is 3. The second kappa shape index (κ2) is 16.2. The van der Waals surface area contributed by atoms with Gasteiger partial charge in [0.1, 0.15) is 11.4 Å². The minimum atomic E-state index is -0.482. The number of ether oxygens (including phenoxy) is 1. The largest absolute Gasteiger partial charge is 0.494 e. The fourth-order valence-electron chi connectivity index (χ4n) is 3.99. The standard InChI is InChI=1S/C29H34N10O4/c1-20-8-13-24(27(17-20)39(41)42)34-35-25-19-28(43-4)26(18-21(25)2)36-33-22-9-11-23(12-10-22)38(3)16-5-7-29(40)31-14-6-15-32-37-30/h8-13,17-19H,5-7,14-16H2,1-4H3,(H,31,40). The molecule has 0 bridgehead atoms. The van der Waals surface area contributed by atoms with E-state index in [1.807, 2.05) is 38.2 Å². The number of nitro groups is 1. The Bertz CT molecular complexity index is 1530. The Morgan fingerprint density at radius 2 is 1.72 bits per heavy atom. The summed E-state index contributed by atoms with van der Waals surface area (Å²) in [6, 6.07) is 15.7. The van der Waals surface area contributed by atoms with Crippen molar-refractivity contribution in [2.75, 3.05) is 38.7 Å². The van der Waals surface area contributed by atoms with Gasteiger partial charge in [0.2, 0.25) is 5.91 Å². The van der Waals surface area contributed by atoms with Gasteiger partial charge in [0.05, 0.1) is 23.4 Å². The maximum Gasteiger partial charge on any atom is 0.296 e. The van der Waals surface area contributed by atoms with Crippen molar-refractivity contribution in [2.24, 2.45) is 25.6 Å². The summed E-state index contributed by atoms with van der Waals surface area (Å²) in [6.45, 7) is 5.16. The molecule has 0 aliphatic carbocycles. The molecule has 0 aliphatic rings. The van der Waals surface area contributed by atoms with Crippen molar-refractivity contribution in [3.63, 3.8) is 0 Å². The monoisotopic (exact) mass is 586 g/mol. The number of hydrogen-bond acceptors (Lipinski definition) is 10. The number of nitrogens with zero attached hydrogens (tertiary/aromatic N) is 9. The van der Waals surface area contributed by atoms with Crippen LogP contribution in [-0.2, 0) is 4.79 Å². The van der Waals surface area contributed by atoms with E-state index in [4.69, 9.17) is 10.3 Å². The fourth-order valence-corrected chi connectivity index (χ4v) is 3.99. The zero-order valence-electron chi connectivity index (χ0n) is 24.6. The predicted molar refractivity (Wildman–Crippen MR) is 165 cm³/mol. The van der Waals surface area contributed by atoms with Crippen molar-refractivity contribution in [3.05, 3.63) is 86.3 Å². The predicted octanol–water partition coefficient (Wildman–Crippen LogP) is 8.08. The van der Waals surface area contributed by atoms with E-state index >= 15 is 0 Å². The summed E-state index contributed by atoms with van der Waals surface area (Å²) in [4.78, 5) is 27.6. The molecule has 0 spiro atoms. The first kappa shape index (κ1) is 32.2. The minimum absolute atomic E-state index is 0.0258. The van der Waals surface area contributed by atoms with Crippen LogP contribution < -0.4 is 15.0 Å². The third kappa shape index (κ3) is 9.90. The van der Waals surface area contributed by atoms with E-state index in [0.717, 1.165) is 16.8 Å². The molecule has 1 N–H and O–H groups in total. The molecule has 3 aromatic rings. The van der Waals surface area contributed by atoms with Gasteiger partial charge in [-0.2, -0.15) is 5.11 Å². The summed E-state index contributed by atoms with van der Waals surface area (Å²) in [5, 5.41) is 34.7. The fraction of sp³-hybridized carbons (Fsp3) is 0.345. The SMILES string of the molecule is COc1cc(N=Nc2ccc(C)cc2[N+](=O)[O-])c(C)cc1N=Nc1ccc(N(C)CCCC(=O)NCCCN=[N+]=[N-])cc1. The molecular weight excluding hydrogens is 552 g/mol. The summed E-state index contributed by atoms with van der Waals surface area (Å²) in [7, 11) is 3.47. The van der Waals surface area contributed by atoms with Crippen LogP contribution in [0.1, 0.15) is 30.4 Å². The molecule has 0 atom stereocenters. The zero-order valence-corrected chi connectivity index (χ0v) is 24.6. The number of azide groups is 1. The van der Waals surface area contributed by atoms with Crippen molar-refractivity contribution in [2.45, 2.75) is 33.1 Å². The molecule has 0 unspecified atom stereocenters. The van der Waals surface area contributed by atoms with Crippen LogP contribution in [0.2, 0.25) is 0 Å². The Balaban J connectivity index is 1.60. The Morgan fingerprint density at radius 3 is 2.42 bits per heavy atom. The normalized spacial score (nSPS) is 11.0. The van der Waals surface area contributed by atoms with Crippen LogP contribution >= 0.6 is 0 Å². The number of hydrogen-bond donors (Lipinski definition) is 1. The lowest BCUT2D eigenvalue weighted by molar-refractivity contribution is -0.384. The van der Waals surface area contributed by atoms with Gasteiger partial charge in [-0.05, 0) is 79.7 Å². The lowest BCUT2D eigenvalue weighted by Gasteiger charge is -2.19. The van der Waals surface area contributed by atoms with Crippen molar-refractivity contribution in [3.8, 4) is 5.75 Å². The molecule has 0 heterocycles. The number of nitrogens with one attached hydrogen (secondary N) is 1. The lowest BCUT2D eigenvalue weighted by atomic mass is 10.1. The average Bonchev–Trinajstić information content (AvgIpc) is 3.00. The Kier molecular flexibility index (Phi) is 12.1. The molecule has 14 heteroatoms. The van der Waals surface area contributed by atoms with Crippen LogP contribution in [0.4, 0.5) is 34.1 Å². The summed E-state index contributed by atoms with van der Waals surface area (Å²) in [5.74, 6) is 0.403. The van der Waals surface area contributed by atoms with E-state index in [1.54, 1.807) is 31.2 Å². The quantitative estimate of drug-likeness (QED) is 0.0470. The molecule has 3 rings (SSSR count). The highest BCUT2D eigenvalue weighted by molar-refractivity contribution is 5.75. The van der Waals surface area contributed by atoms with E-state index < -0.39 is 4.92 Å². The van der Waals surface area contributed by atoms with Crippen LogP contribution in [0, 0.1) is 24.0 Å². The van der Waals surface area contributed by atoms with Gasteiger partial charge in [0.25, 0.3) is 5.69 Å². The first-order valence-corrected chi connectivity index (χ1v) is 13.6. The first-order chi connectivity index (χ1) is 20.7. The molecular formula is C29H34N10O4. The highest BCUT2D eigenvalue weighted by Gasteiger charge is 2.14. The number of nitro benzene ring substituents is 1. The first-order valence-electron chi connectivity index (χ1n) is 13.6. The van der Waals surface area contributed by atoms with Crippen molar-refractivity contribution < 1.29 is 14.5 Å². The van der Waals surface area contributed by atoms with E-state index in [9.17, 15) is 14.9 Å². The van der Waals surface area contributed by atoms with Gasteiger partial charge in [-0.1, -0.05) is 11.2 Å². The van der Waals surface area contributed by atoms with Gasteiger partial charge in [0.15, 0.2) is 5.69 Å². The number of aryl methyl sites for hydroxylation is 2. The Labute approximate surface area is 249 Å². The van der Waals surface area contributed by atoms with Crippen LogP contribution in [-0.4, -0.2) is 44.6 Å². The molecule has 0 radical (unpaired) electrons. The Hall–Kier alpha value is -5.36. The average molecular weight is 587 g/mol. The summed E-state index contributed by atoms with van der Waals surface area (Å²) in [6.07, 6.45) is 1.72. The van der Waals surface area contributed by atoms with Gasteiger partial charge in [-0.3, -0.25) is 14.9 Å². The van der Waals surface area contributed by atoms with Crippen molar-refractivity contribution in [1.82, 2.24) is 5.32 Å². The number of rotatable bonds is 15. The second-order valence-electron chi connectivity index (χ2n) is 9.66. The third-order valence-electron chi connectivity index (χ3n) is 6.37. The highest BCUT2D eigenvalue weighted by atomic mass is 16.6. The van der Waals surface area contributed by atoms with Crippen molar-refractivity contribution >= 4 is 40.0 Å². The van der Waals surface area contributed by atoms with Crippen LogP contribution in [0.25, 0.3) is 10.4 Å². The number of carbonyl (C=O) groups excluding carboxylic acids is 1. The molecule has 0 aromatic heterocycles. The second-order valence-corrected chi connectivity index (χ2v) is 9.66. The zero-order chi connectivity index (χ0) is 31.2. The van der Waals surface area contributed by atoms with Gasteiger partial charge in [-0.15, -0.1) is 15.3 Å². The number of azo groups is 2. The molecule has 3 aromatic carbocycles. The molecule has 14 nitrogen and oxygen atoms in total. The topological polar surface area (TPSA) is 183 Å². The van der Waals surface area contributed by atoms with E-state index in [0.29, 0.717) is 61.7 Å². The molecule has 0 aliphatic heterocycles. The van der Waals surface area contributed by atoms with Crippen LogP contribution in [0.5, 0.6) is 5.75 Å². The van der Waals surface area contributed by atoms with Gasteiger partial charge in [0, 0.05) is 55.8 Å². The smallest absolute Gasteiger partial charge is 0.296 e. The van der Waals surface area contributed by atoms with Gasteiger partial charge < -0.3 is 15.0 Å². The van der Waals surface area contributed by atoms with Gasteiger partial charge >= 0.3 is 0 Å². The van der Waals surface area contributed by atoms with Crippen LogP contribution in [0.15, 0.2) is 80.2 Å². The molecule has 1 amide bonds. The summed E-state index contributed by atoms with van der Waals surface area (Å²) >= 11 is 0. The maximum atomic E-state index is 12.0. The van der Waals surface area contributed by atoms with Crippen molar-refractivity contribution in [1.29, 1.82) is 0 Å². The number of amides is 1. The van der Waals surface area contributed by atoms with E-state index in [2.05, 4.69) is 40.7 Å². The summed E-state index contributed by atoms with van der Waals surface area (Å²) < 4.78 is 5.49. The molecule has 43 heavy (non-hydrogen) atoms. The molecule has 224 valence electrons. The highest BCUT2D eigenvalue weighted by Crippen LogP contribution is 2.37. The van der Waals surface area contributed by atoms with Crippen LogP contribution in [0.3, 0.4) is 0 Å². The van der Waals surface area contributed by atoms with E-state index in [1.165, 1.54) is 13.2 Å². The lowest BCUT2D eigenvalue weighted by Crippen LogP contribution is -2.26. The third-order valence-corrected chi connectivity index (χ3v) is 6.37.